The Labute approximate surface area is 107 Å². The maximum absolute atomic E-state index is 11.9. The lowest BCUT2D eigenvalue weighted by Gasteiger charge is -2.48. The zero-order chi connectivity index (χ0) is 13.8. The lowest BCUT2D eigenvalue weighted by molar-refractivity contribution is -0.174. The summed E-state index contributed by atoms with van der Waals surface area (Å²) in [6.45, 7) is 4.35. The van der Waals surface area contributed by atoms with E-state index in [4.69, 9.17) is 15.6 Å². The number of nitrogens with zero attached hydrogens (tertiary/aromatic N) is 1. The van der Waals surface area contributed by atoms with E-state index in [0.29, 0.717) is 19.5 Å². The van der Waals surface area contributed by atoms with Crippen LogP contribution in [0.25, 0.3) is 0 Å². The van der Waals surface area contributed by atoms with Crippen LogP contribution in [-0.4, -0.2) is 53.2 Å². The number of hydrogen-bond acceptors (Lipinski definition) is 4. The third-order valence-corrected chi connectivity index (χ3v) is 3.09. The van der Waals surface area contributed by atoms with Crippen LogP contribution in [-0.2, 0) is 14.3 Å². The van der Waals surface area contributed by atoms with Gasteiger partial charge < -0.3 is 20.5 Å². The fourth-order valence-corrected chi connectivity index (χ4v) is 2.03. The summed E-state index contributed by atoms with van der Waals surface area (Å²) in [4.78, 5) is 23.9. The van der Waals surface area contributed by atoms with Crippen molar-refractivity contribution in [2.75, 3.05) is 19.7 Å². The first-order valence-corrected chi connectivity index (χ1v) is 6.28. The van der Waals surface area contributed by atoms with Crippen LogP contribution in [0, 0.1) is 0 Å². The Balaban J connectivity index is 2.32. The van der Waals surface area contributed by atoms with E-state index in [0.717, 1.165) is 12.8 Å². The molecule has 6 heteroatoms. The number of rotatable bonds is 7. The number of carbonyl (C=O) groups is 2. The molecule has 1 rings (SSSR count). The van der Waals surface area contributed by atoms with Crippen molar-refractivity contribution in [1.29, 1.82) is 0 Å². The van der Waals surface area contributed by atoms with Crippen molar-refractivity contribution in [1.82, 2.24) is 4.90 Å². The van der Waals surface area contributed by atoms with E-state index in [1.54, 1.807) is 11.8 Å². The molecule has 6 nitrogen and oxygen atoms in total. The van der Waals surface area contributed by atoms with Crippen molar-refractivity contribution in [3.8, 4) is 0 Å². The molecule has 0 aromatic rings. The van der Waals surface area contributed by atoms with E-state index in [2.05, 4.69) is 6.92 Å². The van der Waals surface area contributed by atoms with Crippen LogP contribution in [0.2, 0.25) is 0 Å². The molecule has 1 heterocycles. The smallest absolute Gasteiger partial charge is 0.329 e. The lowest BCUT2D eigenvalue weighted by atomic mass is 9.94. The molecule has 1 atom stereocenters. The molecule has 3 N–H and O–H groups in total. The van der Waals surface area contributed by atoms with Crippen LogP contribution < -0.4 is 5.73 Å². The predicted molar refractivity (Wildman–Crippen MR) is 66.1 cm³/mol. The van der Waals surface area contributed by atoms with Gasteiger partial charge in [0.1, 0.15) is 12.2 Å². The second-order valence-electron chi connectivity index (χ2n) is 5.08. The summed E-state index contributed by atoms with van der Waals surface area (Å²) in [5, 5.41) is 8.53. The Hall–Kier alpha value is -1.14. The molecule has 1 aliphatic heterocycles. The average molecular weight is 258 g/mol. The van der Waals surface area contributed by atoms with Gasteiger partial charge >= 0.3 is 5.97 Å². The summed E-state index contributed by atoms with van der Waals surface area (Å²) >= 11 is 0. The van der Waals surface area contributed by atoms with Gasteiger partial charge in [0.25, 0.3) is 0 Å². The highest BCUT2D eigenvalue weighted by Gasteiger charge is 2.43. The molecule has 1 saturated heterocycles. The van der Waals surface area contributed by atoms with Gasteiger partial charge in [-0.2, -0.15) is 0 Å². The number of likely N-dealkylation sites (tertiary alicyclic amines) is 1. The molecule has 0 unspecified atom stereocenters. The summed E-state index contributed by atoms with van der Waals surface area (Å²) in [5.74, 6) is -1.07. The van der Waals surface area contributed by atoms with Gasteiger partial charge in [-0.05, 0) is 13.3 Å². The van der Waals surface area contributed by atoms with Gasteiger partial charge in [-0.1, -0.05) is 19.8 Å². The van der Waals surface area contributed by atoms with Crippen LogP contribution in [0.1, 0.15) is 33.1 Å². The van der Waals surface area contributed by atoms with E-state index in [9.17, 15) is 9.59 Å². The zero-order valence-corrected chi connectivity index (χ0v) is 11.0. The molecular formula is C12H22N2O4. The molecule has 0 aromatic carbocycles. The summed E-state index contributed by atoms with van der Waals surface area (Å²) < 4.78 is 5.23. The van der Waals surface area contributed by atoms with Crippen molar-refractivity contribution in [2.45, 2.75) is 44.8 Å². The van der Waals surface area contributed by atoms with Gasteiger partial charge in [-0.15, -0.1) is 0 Å². The maximum atomic E-state index is 11.9. The van der Waals surface area contributed by atoms with Gasteiger partial charge in [0.2, 0.25) is 5.91 Å². The minimum Gasteiger partial charge on any atom is -0.480 e. The molecule has 0 aromatic heterocycles. The van der Waals surface area contributed by atoms with Crippen LogP contribution in [0.5, 0.6) is 0 Å². The number of carbonyl (C=O) groups excluding carboxylic acids is 1. The van der Waals surface area contributed by atoms with Gasteiger partial charge in [-0.3, -0.25) is 4.79 Å². The summed E-state index contributed by atoms with van der Waals surface area (Å²) in [5.41, 5.74) is 5.26. The Morgan fingerprint density at radius 2 is 2.11 bits per heavy atom. The van der Waals surface area contributed by atoms with E-state index in [1.807, 2.05) is 0 Å². The van der Waals surface area contributed by atoms with Crippen LogP contribution >= 0.6 is 0 Å². The largest absolute Gasteiger partial charge is 0.480 e. The summed E-state index contributed by atoms with van der Waals surface area (Å²) in [6, 6.07) is -0.450. The highest BCUT2D eigenvalue weighted by molar-refractivity contribution is 5.82. The first-order valence-electron chi connectivity index (χ1n) is 6.28. The van der Waals surface area contributed by atoms with Gasteiger partial charge in [0.05, 0.1) is 19.1 Å². The first-order chi connectivity index (χ1) is 8.38. The predicted octanol–water partition coefficient (Wildman–Crippen LogP) is 0.206. The minimum atomic E-state index is -0.999. The molecule has 0 spiro atoms. The van der Waals surface area contributed by atoms with Crippen LogP contribution in [0.3, 0.4) is 0 Å². The lowest BCUT2D eigenvalue weighted by Crippen LogP contribution is -2.65. The molecule has 0 bridgehead atoms. The topological polar surface area (TPSA) is 92.9 Å². The van der Waals surface area contributed by atoms with E-state index >= 15 is 0 Å². The van der Waals surface area contributed by atoms with Crippen LogP contribution in [0.15, 0.2) is 0 Å². The van der Waals surface area contributed by atoms with Crippen molar-refractivity contribution in [3.63, 3.8) is 0 Å². The molecule has 0 aliphatic carbocycles. The van der Waals surface area contributed by atoms with Gasteiger partial charge in [0, 0.05) is 0 Å². The molecule has 18 heavy (non-hydrogen) atoms. The number of aliphatic carboxylic acids is 1. The molecule has 1 amide bonds. The van der Waals surface area contributed by atoms with Crippen molar-refractivity contribution >= 4 is 11.9 Å². The summed E-state index contributed by atoms with van der Waals surface area (Å²) in [7, 11) is 0. The van der Waals surface area contributed by atoms with E-state index < -0.39 is 17.6 Å². The molecule has 0 radical (unpaired) electrons. The number of nitrogens with two attached hydrogens (primary N) is 1. The zero-order valence-electron chi connectivity index (χ0n) is 11.0. The fraction of sp³-hybridized carbons (Fsp3) is 0.833. The highest BCUT2D eigenvalue weighted by atomic mass is 16.5. The Kier molecular flexibility index (Phi) is 5.10. The van der Waals surface area contributed by atoms with Gasteiger partial charge in [0.15, 0.2) is 0 Å². The molecule has 0 saturated carbocycles. The average Bonchev–Trinajstić information content (AvgIpc) is 2.28. The normalized spacial score (nSPS) is 19.2. The Morgan fingerprint density at radius 3 is 2.61 bits per heavy atom. The number of unbranched alkanes of at least 4 members (excludes halogenated alkanes) is 1. The third kappa shape index (κ3) is 3.96. The van der Waals surface area contributed by atoms with Gasteiger partial charge in [-0.25, -0.2) is 4.79 Å². The van der Waals surface area contributed by atoms with Crippen molar-refractivity contribution < 1.29 is 19.4 Å². The standard InChI is InChI=1S/C12H22N2O4/c1-3-4-5-9(13)11(17)14-7-12(2,8-14)18-6-10(15)16/h9H,3-8,13H2,1-2H3,(H,15,16)/t9-/m0/s1. The molecule has 1 fully saturated rings. The number of amides is 1. The maximum Gasteiger partial charge on any atom is 0.329 e. The molecular weight excluding hydrogens is 236 g/mol. The first kappa shape index (κ1) is 14.9. The molecule has 104 valence electrons. The van der Waals surface area contributed by atoms with Crippen molar-refractivity contribution in [3.05, 3.63) is 0 Å². The second kappa shape index (κ2) is 6.15. The number of carboxylic acids is 1. The van der Waals surface area contributed by atoms with E-state index in [1.165, 1.54) is 0 Å². The van der Waals surface area contributed by atoms with Crippen molar-refractivity contribution in [2.24, 2.45) is 5.73 Å². The molecule has 1 aliphatic rings. The number of carboxylic acid groups (broad SMARTS) is 1. The van der Waals surface area contributed by atoms with E-state index in [-0.39, 0.29) is 12.5 Å². The number of hydrogen-bond donors (Lipinski definition) is 2. The number of ether oxygens (including phenoxy) is 1. The monoisotopic (exact) mass is 258 g/mol. The highest BCUT2D eigenvalue weighted by Crippen LogP contribution is 2.25. The third-order valence-electron chi connectivity index (χ3n) is 3.09. The quantitative estimate of drug-likeness (QED) is 0.680. The second-order valence-corrected chi connectivity index (χ2v) is 5.08. The SMILES string of the molecule is CCCC[C@H](N)C(=O)N1CC(C)(OCC(=O)O)C1. The minimum absolute atomic E-state index is 0.0696. The summed E-state index contributed by atoms with van der Waals surface area (Å²) in [6.07, 6.45) is 2.65. The Morgan fingerprint density at radius 1 is 1.50 bits per heavy atom. The fourth-order valence-electron chi connectivity index (χ4n) is 2.03. The van der Waals surface area contributed by atoms with Crippen LogP contribution in [0.4, 0.5) is 0 Å². The Bertz CT molecular complexity index is 313.